The second-order valence-corrected chi connectivity index (χ2v) is 8.53. The highest BCUT2D eigenvalue weighted by Gasteiger charge is 2.35. The van der Waals surface area contributed by atoms with E-state index in [4.69, 9.17) is 0 Å². The summed E-state index contributed by atoms with van der Waals surface area (Å²) in [6.07, 6.45) is 2.76. The number of carbonyl (C=O) groups is 2. The van der Waals surface area contributed by atoms with Crippen molar-refractivity contribution in [3.05, 3.63) is 66.2 Å². The third-order valence-corrected chi connectivity index (χ3v) is 6.25. The van der Waals surface area contributed by atoms with Gasteiger partial charge in [-0.25, -0.2) is 9.18 Å². The van der Waals surface area contributed by atoms with Crippen molar-refractivity contribution >= 4 is 23.4 Å². The van der Waals surface area contributed by atoms with Crippen molar-refractivity contribution in [2.24, 2.45) is 0 Å². The number of nitrogens with one attached hydrogen (secondary N) is 1. The second-order valence-electron chi connectivity index (χ2n) is 8.53. The largest absolute Gasteiger partial charge is 0.465 e. The van der Waals surface area contributed by atoms with Crippen LogP contribution in [0, 0.1) is 5.82 Å². The van der Waals surface area contributed by atoms with Crippen molar-refractivity contribution in [2.45, 2.75) is 25.4 Å². The molecule has 0 saturated carbocycles. The van der Waals surface area contributed by atoms with Crippen LogP contribution in [-0.2, 0) is 11.2 Å². The molecule has 0 bridgehead atoms. The third kappa shape index (κ3) is 3.95. The summed E-state index contributed by atoms with van der Waals surface area (Å²) in [5, 5.41) is 17.5. The van der Waals surface area contributed by atoms with Crippen molar-refractivity contribution in [3.63, 3.8) is 0 Å². The molecule has 1 aromatic heterocycles. The molecule has 0 aliphatic carbocycles. The summed E-state index contributed by atoms with van der Waals surface area (Å²) in [4.78, 5) is 28.2. The summed E-state index contributed by atoms with van der Waals surface area (Å²) in [5.41, 5.74) is 3.42. The summed E-state index contributed by atoms with van der Waals surface area (Å²) in [6, 6.07) is 11.3. The number of hydrogen-bond acceptors (Lipinski definition) is 4. The van der Waals surface area contributed by atoms with Crippen molar-refractivity contribution in [2.75, 3.05) is 29.4 Å². The molecule has 9 heteroatoms. The maximum atomic E-state index is 13.2. The van der Waals surface area contributed by atoms with Gasteiger partial charge >= 0.3 is 6.09 Å². The number of nitrogens with zero attached hydrogens (tertiary/aromatic N) is 4. The number of benzene rings is 2. The van der Waals surface area contributed by atoms with E-state index < -0.39 is 6.09 Å². The van der Waals surface area contributed by atoms with Gasteiger partial charge in [-0.1, -0.05) is 18.2 Å². The van der Waals surface area contributed by atoms with Crippen LogP contribution in [0.1, 0.15) is 18.5 Å². The van der Waals surface area contributed by atoms with Gasteiger partial charge in [-0.3, -0.25) is 14.4 Å². The molecule has 0 radical (unpaired) electrons. The van der Waals surface area contributed by atoms with Crippen molar-refractivity contribution < 1.29 is 19.1 Å². The van der Waals surface area contributed by atoms with Gasteiger partial charge in [0.05, 0.1) is 36.1 Å². The molecule has 5 rings (SSSR count). The van der Waals surface area contributed by atoms with Gasteiger partial charge in [-0.2, -0.15) is 5.10 Å². The molecule has 1 saturated heterocycles. The molecule has 3 heterocycles. The highest BCUT2D eigenvalue weighted by Crippen LogP contribution is 2.39. The second kappa shape index (κ2) is 8.32. The van der Waals surface area contributed by atoms with E-state index in [1.54, 1.807) is 35.4 Å². The maximum absolute atomic E-state index is 13.2. The molecule has 3 aromatic rings. The molecule has 2 aromatic carbocycles. The summed E-state index contributed by atoms with van der Waals surface area (Å²) in [6.45, 7) is 3.74. The quantitative estimate of drug-likeness (QED) is 0.638. The van der Waals surface area contributed by atoms with Crippen LogP contribution in [0.2, 0.25) is 0 Å². The first kappa shape index (κ1) is 21.1. The highest BCUT2D eigenvalue weighted by atomic mass is 19.1. The van der Waals surface area contributed by atoms with Crippen LogP contribution >= 0.6 is 0 Å². The normalized spacial score (nSPS) is 18.1. The van der Waals surface area contributed by atoms with E-state index in [1.165, 1.54) is 17.0 Å². The van der Waals surface area contributed by atoms with Gasteiger partial charge in [-0.15, -0.1) is 0 Å². The Balaban J connectivity index is 1.48. The number of carboxylic acid groups (broad SMARTS) is 1. The lowest BCUT2D eigenvalue weighted by molar-refractivity contribution is -0.118. The molecule has 8 nitrogen and oxygen atoms in total. The fourth-order valence-corrected chi connectivity index (χ4v) is 4.38. The standard InChI is InChI=1S/C24H24FN5O3/c1-15-13-28(24(32)33)22-9-17(18-10-27-29(14-18)20-11-26-12-20)4-7-21(22)30(15)23(31)8-16-2-5-19(25)6-3-16/h2-7,9-10,14-15,20,26H,8,11-13H2,1H3,(H,32,33)/t15-/m0/s1. The Kier molecular flexibility index (Phi) is 5.33. The van der Waals surface area contributed by atoms with Gasteiger partial charge in [0.25, 0.3) is 0 Å². The van der Waals surface area contributed by atoms with Crippen LogP contribution in [0.25, 0.3) is 11.1 Å². The van der Waals surface area contributed by atoms with Crippen LogP contribution < -0.4 is 15.1 Å². The summed E-state index contributed by atoms with van der Waals surface area (Å²) >= 11 is 0. The third-order valence-electron chi connectivity index (χ3n) is 6.25. The lowest BCUT2D eigenvalue weighted by Gasteiger charge is -2.40. The van der Waals surface area contributed by atoms with E-state index in [2.05, 4.69) is 10.4 Å². The zero-order chi connectivity index (χ0) is 23.1. The Morgan fingerprint density at radius 3 is 2.55 bits per heavy atom. The minimum atomic E-state index is -1.07. The van der Waals surface area contributed by atoms with Crippen LogP contribution in [0.3, 0.4) is 0 Å². The van der Waals surface area contributed by atoms with E-state index in [1.807, 2.05) is 23.9 Å². The summed E-state index contributed by atoms with van der Waals surface area (Å²) < 4.78 is 15.2. The molecule has 170 valence electrons. The number of halogens is 1. The van der Waals surface area contributed by atoms with E-state index in [0.29, 0.717) is 23.0 Å². The van der Waals surface area contributed by atoms with Gasteiger partial charge in [0.2, 0.25) is 5.91 Å². The number of hydrogen-bond donors (Lipinski definition) is 2. The predicted octanol–water partition coefficient (Wildman–Crippen LogP) is 3.30. The number of amides is 2. The SMILES string of the molecule is C[C@H]1CN(C(=O)O)c2cc(-c3cnn(C4CNC4)c3)ccc2N1C(=O)Cc1ccc(F)cc1. The molecule has 2 amide bonds. The number of carbonyl (C=O) groups excluding carboxylic acids is 1. The first-order valence-corrected chi connectivity index (χ1v) is 10.9. The zero-order valence-electron chi connectivity index (χ0n) is 18.1. The fraction of sp³-hybridized carbons (Fsp3) is 0.292. The highest BCUT2D eigenvalue weighted by molar-refractivity contribution is 6.04. The zero-order valence-corrected chi connectivity index (χ0v) is 18.1. The van der Waals surface area contributed by atoms with Crippen molar-refractivity contribution in [1.82, 2.24) is 15.1 Å². The van der Waals surface area contributed by atoms with Gasteiger partial charge < -0.3 is 15.3 Å². The molecule has 1 fully saturated rings. The number of aromatic nitrogens is 2. The summed E-state index contributed by atoms with van der Waals surface area (Å²) in [5.74, 6) is -0.525. The molecular weight excluding hydrogens is 425 g/mol. The molecule has 2 aliphatic heterocycles. The Hall–Kier alpha value is -3.72. The van der Waals surface area contributed by atoms with E-state index in [9.17, 15) is 19.1 Å². The average Bonchev–Trinajstić information content (AvgIpc) is 3.22. The van der Waals surface area contributed by atoms with Crippen LogP contribution in [0.4, 0.5) is 20.6 Å². The molecule has 2 aliphatic rings. The minimum absolute atomic E-state index is 0.0983. The Labute approximate surface area is 190 Å². The van der Waals surface area contributed by atoms with Crippen molar-refractivity contribution in [1.29, 1.82) is 0 Å². The van der Waals surface area contributed by atoms with Crippen LogP contribution in [-0.4, -0.2) is 52.6 Å². The van der Waals surface area contributed by atoms with Gasteiger partial charge in [0.15, 0.2) is 0 Å². The fourth-order valence-electron chi connectivity index (χ4n) is 4.38. The topological polar surface area (TPSA) is 90.7 Å². The lowest BCUT2D eigenvalue weighted by atomic mass is 10.0. The van der Waals surface area contributed by atoms with Crippen molar-refractivity contribution in [3.8, 4) is 11.1 Å². The Morgan fingerprint density at radius 2 is 1.88 bits per heavy atom. The smallest absolute Gasteiger partial charge is 0.411 e. The van der Waals surface area contributed by atoms with Crippen LogP contribution in [0.5, 0.6) is 0 Å². The molecule has 1 atom stereocenters. The van der Waals surface area contributed by atoms with Gasteiger partial charge in [0.1, 0.15) is 5.82 Å². The lowest BCUT2D eigenvalue weighted by Crippen LogP contribution is -2.52. The molecule has 0 spiro atoms. The van der Waals surface area contributed by atoms with Crippen LogP contribution in [0.15, 0.2) is 54.9 Å². The van der Waals surface area contributed by atoms with Gasteiger partial charge in [0, 0.05) is 31.4 Å². The average molecular weight is 449 g/mol. The van der Waals surface area contributed by atoms with E-state index >= 15 is 0 Å². The Morgan fingerprint density at radius 1 is 1.12 bits per heavy atom. The monoisotopic (exact) mass is 449 g/mol. The minimum Gasteiger partial charge on any atom is -0.465 e. The van der Waals surface area contributed by atoms with E-state index in [0.717, 1.165) is 24.2 Å². The first-order valence-electron chi connectivity index (χ1n) is 10.9. The van der Waals surface area contributed by atoms with Gasteiger partial charge in [-0.05, 0) is 42.3 Å². The number of anilines is 2. The first-order chi connectivity index (χ1) is 15.9. The molecular formula is C24H24FN5O3. The molecule has 0 unspecified atom stereocenters. The number of rotatable bonds is 4. The maximum Gasteiger partial charge on any atom is 0.411 e. The number of fused-ring (bicyclic) bond motifs is 1. The molecule has 33 heavy (non-hydrogen) atoms. The predicted molar refractivity (Wildman–Crippen MR) is 122 cm³/mol. The Bertz CT molecular complexity index is 1210. The van der Waals surface area contributed by atoms with E-state index in [-0.39, 0.29) is 30.7 Å². The summed E-state index contributed by atoms with van der Waals surface area (Å²) in [7, 11) is 0. The molecule has 2 N–H and O–H groups in total.